The number of hydrogen-bond acceptors (Lipinski definition) is 7. The Morgan fingerprint density at radius 1 is 1.31 bits per heavy atom. The Morgan fingerprint density at radius 3 is 3.00 bits per heavy atom. The maximum absolute atomic E-state index is 12.8. The van der Waals surface area contributed by atoms with Crippen molar-refractivity contribution in [2.75, 3.05) is 17.2 Å². The van der Waals surface area contributed by atoms with Gasteiger partial charge in [0.25, 0.3) is 5.91 Å². The number of carbonyl (C=O) groups excluding carboxylic acids is 2. The Balaban J connectivity index is 1.55. The fourth-order valence-corrected chi connectivity index (χ4v) is 4.36. The average Bonchev–Trinajstić information content (AvgIpc) is 3.14. The number of anilines is 1. The van der Waals surface area contributed by atoms with Crippen LogP contribution in [0.15, 0.2) is 47.1 Å². The van der Waals surface area contributed by atoms with Gasteiger partial charge in [0, 0.05) is 5.39 Å². The van der Waals surface area contributed by atoms with Crippen molar-refractivity contribution in [3.05, 3.63) is 42.0 Å². The lowest BCUT2D eigenvalue weighted by Crippen LogP contribution is -2.49. The highest BCUT2D eigenvalue weighted by Crippen LogP contribution is 2.34. The molecule has 1 atom stereocenters. The third-order valence-electron chi connectivity index (χ3n) is 3.95. The van der Waals surface area contributed by atoms with Crippen molar-refractivity contribution >= 4 is 50.8 Å². The van der Waals surface area contributed by atoms with Crippen LogP contribution in [0.1, 0.15) is 0 Å². The second kappa shape index (κ2) is 6.93. The molecular weight excluding hydrogens is 372 g/mol. The summed E-state index contributed by atoms with van der Waals surface area (Å²) in [6, 6.07) is 9.06. The summed E-state index contributed by atoms with van der Waals surface area (Å²) in [4.78, 5) is 35.3. The van der Waals surface area contributed by atoms with Gasteiger partial charge in [0.1, 0.15) is 21.9 Å². The van der Waals surface area contributed by atoms with E-state index in [2.05, 4.69) is 9.97 Å². The Morgan fingerprint density at radius 2 is 2.15 bits per heavy atom. The van der Waals surface area contributed by atoms with Gasteiger partial charge in [-0.3, -0.25) is 9.59 Å². The summed E-state index contributed by atoms with van der Waals surface area (Å²) >= 11 is 2.88. The maximum Gasteiger partial charge on any atom is 0.260 e. The number of ether oxygens (including phenoxy) is 1. The lowest BCUT2D eigenvalue weighted by atomic mass is 10.2. The number of nitrogens with two attached hydrogens (primary N) is 1. The molecule has 0 fully saturated rings. The fourth-order valence-electron chi connectivity index (χ4n) is 2.71. The van der Waals surface area contributed by atoms with Gasteiger partial charge in [-0.1, -0.05) is 23.9 Å². The first-order chi connectivity index (χ1) is 12.6. The summed E-state index contributed by atoms with van der Waals surface area (Å²) < 4.78 is 5.59. The molecule has 0 aliphatic carbocycles. The highest BCUT2D eigenvalue weighted by molar-refractivity contribution is 8.00. The molecule has 1 aliphatic heterocycles. The van der Waals surface area contributed by atoms with Crippen LogP contribution in [-0.4, -0.2) is 40.2 Å². The number of nitrogens with zero attached hydrogens (tertiary/aromatic N) is 3. The zero-order valence-corrected chi connectivity index (χ0v) is 15.1. The second-order valence-electron chi connectivity index (χ2n) is 5.59. The highest BCUT2D eigenvalue weighted by atomic mass is 32.2. The van der Waals surface area contributed by atoms with Crippen LogP contribution < -0.4 is 15.4 Å². The molecule has 1 aliphatic rings. The number of carbonyl (C=O) groups is 2. The molecule has 1 aromatic carbocycles. The van der Waals surface area contributed by atoms with E-state index in [1.807, 2.05) is 17.5 Å². The van der Waals surface area contributed by atoms with Gasteiger partial charge in [0.2, 0.25) is 5.91 Å². The molecule has 0 radical (unpaired) electrons. The fraction of sp³-hybridized carbons (Fsp3) is 0.176. The molecule has 132 valence electrons. The third kappa shape index (κ3) is 3.11. The zero-order chi connectivity index (χ0) is 18.1. The Kier molecular flexibility index (Phi) is 4.48. The van der Waals surface area contributed by atoms with Crippen LogP contribution in [-0.2, 0) is 9.59 Å². The van der Waals surface area contributed by atoms with Gasteiger partial charge < -0.3 is 15.4 Å². The van der Waals surface area contributed by atoms with Gasteiger partial charge in [0.05, 0.1) is 18.0 Å². The van der Waals surface area contributed by atoms with Crippen LogP contribution in [0.2, 0.25) is 0 Å². The summed E-state index contributed by atoms with van der Waals surface area (Å²) in [6.07, 6.45) is 0.639. The van der Waals surface area contributed by atoms with E-state index in [9.17, 15) is 9.59 Å². The predicted octanol–water partition coefficient (Wildman–Crippen LogP) is 2.06. The first-order valence-corrected chi connectivity index (χ1v) is 9.66. The van der Waals surface area contributed by atoms with Gasteiger partial charge in [-0.2, -0.15) is 0 Å². The van der Waals surface area contributed by atoms with Crippen molar-refractivity contribution in [3.63, 3.8) is 0 Å². The van der Waals surface area contributed by atoms with E-state index in [1.165, 1.54) is 29.4 Å². The molecule has 2 aromatic heterocycles. The molecule has 0 saturated heterocycles. The molecule has 0 bridgehead atoms. The van der Waals surface area contributed by atoms with E-state index in [-0.39, 0.29) is 18.2 Å². The van der Waals surface area contributed by atoms with E-state index >= 15 is 0 Å². The molecule has 9 heteroatoms. The number of thiophene rings is 1. The first kappa shape index (κ1) is 16.8. The van der Waals surface area contributed by atoms with Crippen LogP contribution in [0.5, 0.6) is 5.75 Å². The second-order valence-corrected chi connectivity index (χ2v) is 7.45. The molecule has 4 rings (SSSR count). The summed E-state index contributed by atoms with van der Waals surface area (Å²) in [5.74, 6) is -0.0789. The third-order valence-corrected chi connectivity index (χ3v) is 5.76. The molecule has 1 unspecified atom stereocenters. The average molecular weight is 386 g/mol. The van der Waals surface area contributed by atoms with Gasteiger partial charge in [0.15, 0.2) is 6.10 Å². The largest absolute Gasteiger partial charge is 0.477 e. The van der Waals surface area contributed by atoms with Crippen molar-refractivity contribution < 1.29 is 14.3 Å². The van der Waals surface area contributed by atoms with E-state index in [1.54, 1.807) is 23.1 Å². The molecule has 3 aromatic rings. The minimum absolute atomic E-state index is 0.101. The van der Waals surface area contributed by atoms with Crippen LogP contribution in [0.4, 0.5) is 5.69 Å². The zero-order valence-electron chi connectivity index (χ0n) is 13.5. The molecule has 0 saturated carbocycles. The van der Waals surface area contributed by atoms with Crippen molar-refractivity contribution in [2.24, 2.45) is 5.73 Å². The monoisotopic (exact) mass is 386 g/mol. The number of primary amides is 1. The number of aromatic nitrogens is 2. The van der Waals surface area contributed by atoms with Crippen LogP contribution >= 0.6 is 23.1 Å². The van der Waals surface area contributed by atoms with E-state index in [0.29, 0.717) is 11.4 Å². The van der Waals surface area contributed by atoms with Crippen molar-refractivity contribution in [2.45, 2.75) is 11.1 Å². The number of para-hydroxylation sites is 2. The molecule has 7 nitrogen and oxygen atoms in total. The number of rotatable bonds is 4. The number of thioether (sulfide) groups is 1. The topological polar surface area (TPSA) is 98.4 Å². The van der Waals surface area contributed by atoms with Crippen molar-refractivity contribution in [1.82, 2.24) is 9.97 Å². The number of amides is 2. The molecule has 2 amide bonds. The number of fused-ring (bicyclic) bond motifs is 2. The summed E-state index contributed by atoms with van der Waals surface area (Å²) in [7, 11) is 0. The first-order valence-electron chi connectivity index (χ1n) is 7.80. The van der Waals surface area contributed by atoms with E-state index < -0.39 is 12.0 Å². The van der Waals surface area contributed by atoms with Crippen LogP contribution in [0, 0.1) is 0 Å². The SMILES string of the molecule is NC(=O)C1CN(C(=O)CSc2ncnc3sccc23)c2ccccc2O1. The van der Waals surface area contributed by atoms with Gasteiger partial charge in [-0.25, -0.2) is 9.97 Å². The van der Waals surface area contributed by atoms with Gasteiger partial charge in [-0.05, 0) is 23.6 Å². The molecule has 3 heterocycles. The standard InChI is InChI=1S/C17H14N4O3S2/c18-15(23)13-7-21(11-3-1-2-4-12(11)24-13)14(22)8-26-17-10-5-6-25-16(10)19-9-20-17/h1-6,9,13H,7-8H2,(H2,18,23). The predicted molar refractivity (Wildman–Crippen MR) is 101 cm³/mol. The molecule has 2 N–H and O–H groups in total. The van der Waals surface area contributed by atoms with Crippen molar-refractivity contribution in [1.29, 1.82) is 0 Å². The Bertz CT molecular complexity index is 991. The summed E-state index contributed by atoms with van der Waals surface area (Å²) in [5, 5.41) is 3.64. The van der Waals surface area contributed by atoms with E-state index in [0.717, 1.165) is 15.2 Å². The van der Waals surface area contributed by atoms with Crippen LogP contribution in [0.3, 0.4) is 0 Å². The normalized spacial score (nSPS) is 16.2. The quantitative estimate of drug-likeness (QED) is 0.544. The molecule has 0 spiro atoms. The van der Waals surface area contributed by atoms with Gasteiger partial charge >= 0.3 is 0 Å². The van der Waals surface area contributed by atoms with E-state index in [4.69, 9.17) is 10.5 Å². The van der Waals surface area contributed by atoms with Gasteiger partial charge in [-0.15, -0.1) is 11.3 Å². The molecule has 26 heavy (non-hydrogen) atoms. The Hall–Kier alpha value is -2.65. The lowest BCUT2D eigenvalue weighted by Gasteiger charge is -2.33. The van der Waals surface area contributed by atoms with Crippen molar-refractivity contribution in [3.8, 4) is 5.75 Å². The minimum Gasteiger partial charge on any atom is -0.477 e. The number of benzene rings is 1. The summed E-state index contributed by atoms with van der Waals surface area (Å²) in [5.41, 5.74) is 6.02. The summed E-state index contributed by atoms with van der Waals surface area (Å²) in [6.45, 7) is 0.101. The van der Waals surface area contributed by atoms with Crippen LogP contribution in [0.25, 0.3) is 10.2 Å². The maximum atomic E-state index is 12.8. The Labute approximate surface area is 157 Å². The smallest absolute Gasteiger partial charge is 0.260 e. The highest BCUT2D eigenvalue weighted by Gasteiger charge is 2.32. The molecular formula is C17H14N4O3S2. The minimum atomic E-state index is -0.860. The number of hydrogen-bond donors (Lipinski definition) is 1. The lowest BCUT2D eigenvalue weighted by molar-refractivity contribution is -0.125.